The van der Waals surface area contributed by atoms with Gasteiger partial charge >= 0.3 is 0 Å². The largest absolute Gasteiger partial charge is 0.367 e. The summed E-state index contributed by atoms with van der Waals surface area (Å²) in [6, 6.07) is 14.3. The average molecular weight is 335 g/mol. The molecule has 1 fully saturated rings. The Hall–Kier alpha value is -2.82. The summed E-state index contributed by atoms with van der Waals surface area (Å²) < 4.78 is 0. The minimum Gasteiger partial charge on any atom is -0.367 e. The van der Waals surface area contributed by atoms with Crippen LogP contribution in [0.5, 0.6) is 0 Å². The van der Waals surface area contributed by atoms with Crippen LogP contribution in [0.15, 0.2) is 42.5 Å². The highest BCUT2D eigenvalue weighted by Crippen LogP contribution is 2.30. The van der Waals surface area contributed by atoms with Crippen molar-refractivity contribution in [2.75, 3.05) is 11.4 Å². The maximum atomic E-state index is 11.4. The van der Waals surface area contributed by atoms with Crippen molar-refractivity contribution in [1.29, 1.82) is 0 Å². The normalized spacial score (nSPS) is 19.0. The fourth-order valence-electron chi connectivity index (χ4n) is 3.73. The molecule has 0 aliphatic carbocycles. The zero-order chi connectivity index (χ0) is 17.4. The van der Waals surface area contributed by atoms with E-state index in [4.69, 9.17) is 5.73 Å². The highest BCUT2D eigenvalue weighted by atomic mass is 16.2. The molecule has 5 heteroatoms. The number of amides is 2. The number of primary amides is 1. The molecule has 4 rings (SSSR count). The third kappa shape index (κ3) is 3.09. The minimum absolute atomic E-state index is 0.137. The van der Waals surface area contributed by atoms with Crippen LogP contribution in [0.3, 0.4) is 0 Å². The number of nitrogens with two attached hydrogens (primary N) is 1. The molecule has 2 aliphatic heterocycles. The van der Waals surface area contributed by atoms with Crippen molar-refractivity contribution in [2.24, 2.45) is 5.73 Å². The molecule has 5 nitrogen and oxygen atoms in total. The van der Waals surface area contributed by atoms with Gasteiger partial charge < -0.3 is 16.0 Å². The van der Waals surface area contributed by atoms with Gasteiger partial charge in [-0.05, 0) is 47.7 Å². The second-order valence-electron chi connectivity index (χ2n) is 6.78. The number of benzene rings is 2. The van der Waals surface area contributed by atoms with Crippen LogP contribution in [-0.4, -0.2) is 18.4 Å². The van der Waals surface area contributed by atoms with Crippen molar-refractivity contribution in [1.82, 2.24) is 5.32 Å². The molecule has 25 heavy (non-hydrogen) atoms. The molecule has 2 aromatic carbocycles. The summed E-state index contributed by atoms with van der Waals surface area (Å²) in [6.45, 7) is 1.78. The lowest BCUT2D eigenvalue weighted by Crippen LogP contribution is -2.20. The predicted octanol–water partition coefficient (Wildman–Crippen LogP) is 2.30. The molecule has 0 aromatic heterocycles. The SMILES string of the molecule is NC(=O)c1ccc2c(c1)CCN2Cc1ccc(C2CCC(=O)N2)cc1. The van der Waals surface area contributed by atoms with Gasteiger partial charge in [0.15, 0.2) is 0 Å². The first-order valence-electron chi connectivity index (χ1n) is 8.66. The molecule has 2 aromatic rings. The van der Waals surface area contributed by atoms with E-state index in [2.05, 4.69) is 34.5 Å². The maximum Gasteiger partial charge on any atom is 0.248 e. The summed E-state index contributed by atoms with van der Waals surface area (Å²) >= 11 is 0. The lowest BCUT2D eigenvalue weighted by Gasteiger charge is -2.20. The molecule has 3 N–H and O–H groups in total. The zero-order valence-corrected chi connectivity index (χ0v) is 14.0. The number of carbonyl (C=O) groups excluding carboxylic acids is 2. The Morgan fingerprint density at radius 1 is 1.16 bits per heavy atom. The van der Waals surface area contributed by atoms with Gasteiger partial charge in [0, 0.05) is 30.8 Å². The molecule has 2 heterocycles. The van der Waals surface area contributed by atoms with Gasteiger partial charge in [0.2, 0.25) is 11.8 Å². The van der Waals surface area contributed by atoms with E-state index in [1.54, 1.807) is 6.07 Å². The Bertz CT molecular complexity index is 829. The number of hydrogen-bond donors (Lipinski definition) is 2. The van der Waals surface area contributed by atoms with Crippen molar-refractivity contribution in [3.05, 3.63) is 64.7 Å². The lowest BCUT2D eigenvalue weighted by molar-refractivity contribution is -0.119. The van der Waals surface area contributed by atoms with E-state index in [0.29, 0.717) is 12.0 Å². The minimum atomic E-state index is -0.379. The van der Waals surface area contributed by atoms with Gasteiger partial charge in [-0.2, -0.15) is 0 Å². The molecule has 2 amide bonds. The lowest BCUT2D eigenvalue weighted by atomic mass is 10.0. The molecule has 1 unspecified atom stereocenters. The second-order valence-corrected chi connectivity index (χ2v) is 6.78. The van der Waals surface area contributed by atoms with E-state index >= 15 is 0 Å². The van der Waals surface area contributed by atoms with Crippen LogP contribution >= 0.6 is 0 Å². The van der Waals surface area contributed by atoms with Crippen molar-refractivity contribution < 1.29 is 9.59 Å². The summed E-state index contributed by atoms with van der Waals surface area (Å²) in [5, 5.41) is 3.00. The van der Waals surface area contributed by atoms with Gasteiger partial charge in [-0.3, -0.25) is 9.59 Å². The topological polar surface area (TPSA) is 75.4 Å². The number of rotatable bonds is 4. The van der Waals surface area contributed by atoms with E-state index in [-0.39, 0.29) is 17.9 Å². The highest BCUT2D eigenvalue weighted by molar-refractivity contribution is 5.93. The van der Waals surface area contributed by atoms with E-state index < -0.39 is 0 Å². The van der Waals surface area contributed by atoms with Gasteiger partial charge in [-0.1, -0.05) is 24.3 Å². The van der Waals surface area contributed by atoms with Crippen LogP contribution in [0.4, 0.5) is 5.69 Å². The summed E-state index contributed by atoms with van der Waals surface area (Å²) in [4.78, 5) is 25.0. The molecule has 0 spiro atoms. The number of carbonyl (C=O) groups is 2. The predicted molar refractivity (Wildman–Crippen MR) is 96.3 cm³/mol. The van der Waals surface area contributed by atoms with Gasteiger partial charge in [0.1, 0.15) is 0 Å². The monoisotopic (exact) mass is 335 g/mol. The van der Waals surface area contributed by atoms with E-state index in [1.165, 1.54) is 22.4 Å². The van der Waals surface area contributed by atoms with Crippen molar-refractivity contribution in [2.45, 2.75) is 31.8 Å². The molecule has 0 bridgehead atoms. The Morgan fingerprint density at radius 2 is 1.96 bits per heavy atom. The van der Waals surface area contributed by atoms with E-state index in [0.717, 1.165) is 25.9 Å². The third-order valence-corrected chi connectivity index (χ3v) is 5.11. The quantitative estimate of drug-likeness (QED) is 0.900. The van der Waals surface area contributed by atoms with Crippen molar-refractivity contribution >= 4 is 17.5 Å². The summed E-state index contributed by atoms with van der Waals surface area (Å²) in [6.07, 6.45) is 2.42. The van der Waals surface area contributed by atoms with E-state index in [9.17, 15) is 9.59 Å². The van der Waals surface area contributed by atoms with Gasteiger partial charge in [-0.15, -0.1) is 0 Å². The standard InChI is InChI=1S/C20H21N3O2/c21-20(25)16-5-7-18-15(11-16)9-10-23(18)12-13-1-3-14(4-2-13)17-6-8-19(24)22-17/h1-5,7,11,17H,6,8-10,12H2,(H2,21,25)(H,22,24). The number of nitrogens with zero attached hydrogens (tertiary/aromatic N) is 1. The third-order valence-electron chi connectivity index (χ3n) is 5.11. The second kappa shape index (κ2) is 6.24. The molecule has 1 atom stereocenters. The molecule has 1 saturated heterocycles. The number of anilines is 1. The fraction of sp³-hybridized carbons (Fsp3) is 0.300. The van der Waals surface area contributed by atoms with Crippen LogP contribution in [0, 0.1) is 0 Å². The first-order chi connectivity index (χ1) is 12.1. The summed E-state index contributed by atoms with van der Waals surface area (Å²) in [5.74, 6) is -0.242. The number of fused-ring (bicyclic) bond motifs is 1. The fourth-order valence-corrected chi connectivity index (χ4v) is 3.73. The van der Waals surface area contributed by atoms with Gasteiger partial charge in [-0.25, -0.2) is 0 Å². The average Bonchev–Trinajstić information content (AvgIpc) is 3.22. The summed E-state index contributed by atoms with van der Waals surface area (Å²) in [7, 11) is 0. The van der Waals surface area contributed by atoms with Crippen molar-refractivity contribution in [3.8, 4) is 0 Å². The van der Waals surface area contributed by atoms with E-state index in [1.807, 2.05) is 12.1 Å². The van der Waals surface area contributed by atoms with Crippen LogP contribution in [-0.2, 0) is 17.8 Å². The van der Waals surface area contributed by atoms with Gasteiger partial charge in [0.25, 0.3) is 0 Å². The maximum absolute atomic E-state index is 11.4. The number of nitrogens with one attached hydrogen (secondary N) is 1. The molecule has 0 radical (unpaired) electrons. The first-order valence-corrected chi connectivity index (χ1v) is 8.66. The van der Waals surface area contributed by atoms with Crippen molar-refractivity contribution in [3.63, 3.8) is 0 Å². The Kier molecular flexibility index (Phi) is 3.92. The van der Waals surface area contributed by atoms with Crippen LogP contribution in [0.25, 0.3) is 0 Å². The molecular weight excluding hydrogens is 314 g/mol. The molecular formula is C20H21N3O2. The smallest absolute Gasteiger partial charge is 0.248 e. The molecule has 2 aliphatic rings. The Morgan fingerprint density at radius 3 is 2.64 bits per heavy atom. The highest BCUT2D eigenvalue weighted by Gasteiger charge is 2.23. The number of hydrogen-bond acceptors (Lipinski definition) is 3. The first kappa shape index (κ1) is 15.7. The summed E-state index contributed by atoms with van der Waals surface area (Å²) in [5.41, 5.74) is 10.7. The van der Waals surface area contributed by atoms with Gasteiger partial charge in [0.05, 0.1) is 6.04 Å². The van der Waals surface area contributed by atoms with Crippen LogP contribution in [0.1, 0.15) is 45.9 Å². The zero-order valence-electron chi connectivity index (χ0n) is 14.0. The van der Waals surface area contributed by atoms with Crippen LogP contribution < -0.4 is 16.0 Å². The molecule has 0 saturated carbocycles. The molecule has 128 valence electrons. The Balaban J connectivity index is 1.47. The Labute approximate surface area is 146 Å². The van der Waals surface area contributed by atoms with Crippen LogP contribution in [0.2, 0.25) is 0 Å².